The van der Waals surface area contributed by atoms with Crippen LogP contribution in [0.1, 0.15) is 36.8 Å². The first kappa shape index (κ1) is 10.1. The zero-order chi connectivity index (χ0) is 11.2. The summed E-state index contributed by atoms with van der Waals surface area (Å²) in [5.74, 6) is 0.587. The van der Waals surface area contributed by atoms with Crippen molar-refractivity contribution in [1.82, 2.24) is 0 Å². The van der Waals surface area contributed by atoms with Gasteiger partial charge >= 0.3 is 0 Å². The fourth-order valence-corrected chi connectivity index (χ4v) is 3.53. The number of methoxy groups -OCH3 is 1. The number of benzene rings is 1. The maximum absolute atomic E-state index is 13.4. The van der Waals surface area contributed by atoms with Gasteiger partial charge in [-0.25, -0.2) is 4.39 Å². The fraction of sp³-hybridized carbons (Fsp3) is 0.571. The van der Waals surface area contributed by atoms with Crippen molar-refractivity contribution >= 4 is 0 Å². The lowest BCUT2D eigenvalue weighted by atomic mass is 9.83. The van der Waals surface area contributed by atoms with E-state index in [9.17, 15) is 4.39 Å². The lowest BCUT2D eigenvalue weighted by molar-refractivity contribution is 0.314. The van der Waals surface area contributed by atoms with Crippen LogP contribution < -0.4 is 4.74 Å². The topological polar surface area (TPSA) is 9.23 Å². The summed E-state index contributed by atoms with van der Waals surface area (Å²) >= 11 is 0. The van der Waals surface area contributed by atoms with Gasteiger partial charge in [-0.1, -0.05) is 12.8 Å². The molecule has 1 aromatic carbocycles. The molecule has 0 heterocycles. The third kappa shape index (κ3) is 1.43. The Kier molecular flexibility index (Phi) is 2.20. The van der Waals surface area contributed by atoms with Crippen molar-refractivity contribution in [1.29, 1.82) is 0 Å². The molecular formula is C14H17FO. The van der Waals surface area contributed by atoms with E-state index in [1.807, 2.05) is 0 Å². The zero-order valence-electron chi connectivity index (χ0n) is 9.68. The van der Waals surface area contributed by atoms with Crippen LogP contribution >= 0.6 is 0 Å². The highest BCUT2D eigenvalue weighted by Crippen LogP contribution is 2.50. The smallest absolute Gasteiger partial charge is 0.127 e. The van der Waals surface area contributed by atoms with E-state index >= 15 is 0 Å². The Morgan fingerprint density at radius 1 is 1.19 bits per heavy atom. The molecule has 0 aliphatic heterocycles. The van der Waals surface area contributed by atoms with Crippen molar-refractivity contribution in [3.63, 3.8) is 0 Å². The third-order valence-corrected chi connectivity index (χ3v) is 4.27. The van der Waals surface area contributed by atoms with Crippen LogP contribution in [0.5, 0.6) is 5.75 Å². The second-order valence-corrected chi connectivity index (χ2v) is 5.31. The molecule has 2 aliphatic rings. The molecule has 1 spiro atoms. The van der Waals surface area contributed by atoms with Gasteiger partial charge in [0.25, 0.3) is 0 Å². The second kappa shape index (κ2) is 3.47. The quantitative estimate of drug-likeness (QED) is 0.704. The molecule has 0 saturated heterocycles. The van der Waals surface area contributed by atoms with Gasteiger partial charge in [0.2, 0.25) is 0 Å². The first-order valence-electron chi connectivity index (χ1n) is 6.08. The van der Waals surface area contributed by atoms with Gasteiger partial charge in [-0.05, 0) is 48.3 Å². The van der Waals surface area contributed by atoms with E-state index in [2.05, 4.69) is 0 Å². The van der Waals surface area contributed by atoms with Crippen molar-refractivity contribution in [3.05, 3.63) is 29.1 Å². The van der Waals surface area contributed by atoms with E-state index in [0.29, 0.717) is 5.41 Å². The molecule has 0 aromatic heterocycles. The molecule has 0 bridgehead atoms. The van der Waals surface area contributed by atoms with E-state index in [0.717, 1.165) is 18.6 Å². The van der Waals surface area contributed by atoms with Crippen LogP contribution in [0, 0.1) is 11.2 Å². The Labute approximate surface area is 95.6 Å². The predicted molar refractivity (Wildman–Crippen MR) is 61.3 cm³/mol. The molecule has 3 rings (SSSR count). The monoisotopic (exact) mass is 220 g/mol. The standard InChI is InChI=1S/C14H17FO/c1-16-13-7-11(15)6-10-8-14(9-12(10)13)4-2-3-5-14/h6-7H,2-5,8-9H2,1H3. The Morgan fingerprint density at radius 2 is 1.94 bits per heavy atom. The molecule has 1 aromatic rings. The fourth-order valence-electron chi connectivity index (χ4n) is 3.53. The van der Waals surface area contributed by atoms with Crippen LogP contribution in [-0.4, -0.2) is 7.11 Å². The molecule has 1 fully saturated rings. The van der Waals surface area contributed by atoms with Gasteiger partial charge in [0.15, 0.2) is 0 Å². The summed E-state index contributed by atoms with van der Waals surface area (Å²) in [4.78, 5) is 0. The molecule has 16 heavy (non-hydrogen) atoms. The van der Waals surface area contributed by atoms with Crippen LogP contribution in [0.3, 0.4) is 0 Å². The van der Waals surface area contributed by atoms with Crippen LogP contribution in [0.2, 0.25) is 0 Å². The van der Waals surface area contributed by atoms with Crippen LogP contribution in [-0.2, 0) is 12.8 Å². The minimum absolute atomic E-state index is 0.161. The molecule has 1 nitrogen and oxygen atoms in total. The summed E-state index contributed by atoms with van der Waals surface area (Å²) in [5, 5.41) is 0. The Balaban J connectivity index is 2.02. The average Bonchev–Trinajstić information content (AvgIpc) is 2.84. The summed E-state index contributed by atoms with van der Waals surface area (Å²) in [6.07, 6.45) is 7.40. The lowest BCUT2D eigenvalue weighted by Gasteiger charge is -2.21. The van der Waals surface area contributed by atoms with Crippen molar-refractivity contribution in [2.24, 2.45) is 5.41 Å². The number of halogens is 1. The molecule has 86 valence electrons. The minimum atomic E-state index is -0.161. The number of hydrogen-bond acceptors (Lipinski definition) is 1. The van der Waals surface area contributed by atoms with E-state index < -0.39 is 0 Å². The van der Waals surface area contributed by atoms with Crippen molar-refractivity contribution < 1.29 is 9.13 Å². The first-order valence-corrected chi connectivity index (χ1v) is 6.08. The highest BCUT2D eigenvalue weighted by Gasteiger charge is 2.40. The van der Waals surface area contributed by atoms with Gasteiger partial charge in [0.1, 0.15) is 11.6 Å². The normalized spacial score (nSPS) is 21.4. The molecule has 1 saturated carbocycles. The summed E-state index contributed by atoms with van der Waals surface area (Å²) in [7, 11) is 1.63. The molecular weight excluding hydrogens is 203 g/mol. The molecule has 2 aliphatic carbocycles. The predicted octanol–water partition coefficient (Wildman–Crippen LogP) is 3.49. The highest BCUT2D eigenvalue weighted by atomic mass is 19.1. The van der Waals surface area contributed by atoms with Gasteiger partial charge in [-0.15, -0.1) is 0 Å². The van der Waals surface area contributed by atoms with Crippen LogP contribution in [0.25, 0.3) is 0 Å². The van der Waals surface area contributed by atoms with E-state index in [-0.39, 0.29) is 5.82 Å². The molecule has 2 heteroatoms. The molecule has 0 radical (unpaired) electrons. The average molecular weight is 220 g/mol. The maximum atomic E-state index is 13.4. The summed E-state index contributed by atoms with van der Waals surface area (Å²) in [6.45, 7) is 0. The van der Waals surface area contributed by atoms with Crippen molar-refractivity contribution in [2.75, 3.05) is 7.11 Å². The van der Waals surface area contributed by atoms with E-state index in [1.54, 1.807) is 13.2 Å². The molecule has 0 N–H and O–H groups in total. The largest absolute Gasteiger partial charge is 0.496 e. The maximum Gasteiger partial charge on any atom is 0.127 e. The Hall–Kier alpha value is -1.05. The van der Waals surface area contributed by atoms with Crippen LogP contribution in [0.15, 0.2) is 12.1 Å². The summed E-state index contributed by atoms with van der Waals surface area (Å²) in [6, 6.07) is 3.22. The second-order valence-electron chi connectivity index (χ2n) is 5.31. The lowest BCUT2D eigenvalue weighted by Crippen LogP contribution is -2.15. The third-order valence-electron chi connectivity index (χ3n) is 4.27. The number of hydrogen-bond donors (Lipinski definition) is 0. The molecule has 0 atom stereocenters. The highest BCUT2D eigenvalue weighted by molar-refractivity contribution is 5.45. The Bertz CT molecular complexity index is 419. The van der Waals surface area contributed by atoms with Gasteiger partial charge < -0.3 is 4.74 Å². The van der Waals surface area contributed by atoms with Crippen molar-refractivity contribution in [3.8, 4) is 5.75 Å². The Morgan fingerprint density at radius 3 is 2.62 bits per heavy atom. The molecule has 0 unspecified atom stereocenters. The SMILES string of the molecule is COc1cc(F)cc2c1CC1(CCCC1)C2. The first-order chi connectivity index (χ1) is 7.72. The van der Waals surface area contributed by atoms with Gasteiger partial charge in [0, 0.05) is 6.07 Å². The van der Waals surface area contributed by atoms with Gasteiger partial charge in [0.05, 0.1) is 7.11 Å². The van der Waals surface area contributed by atoms with Crippen molar-refractivity contribution in [2.45, 2.75) is 38.5 Å². The zero-order valence-corrected chi connectivity index (χ0v) is 9.68. The number of rotatable bonds is 1. The number of ether oxygens (including phenoxy) is 1. The van der Waals surface area contributed by atoms with E-state index in [4.69, 9.17) is 4.74 Å². The summed E-state index contributed by atoms with van der Waals surface area (Å²) < 4.78 is 18.7. The molecule has 0 amide bonds. The minimum Gasteiger partial charge on any atom is -0.496 e. The summed E-state index contributed by atoms with van der Waals surface area (Å²) in [5.41, 5.74) is 2.87. The van der Waals surface area contributed by atoms with Gasteiger partial charge in [-0.2, -0.15) is 0 Å². The van der Waals surface area contributed by atoms with Crippen LogP contribution in [0.4, 0.5) is 4.39 Å². The van der Waals surface area contributed by atoms with E-state index in [1.165, 1.54) is 42.9 Å². The number of fused-ring (bicyclic) bond motifs is 1. The van der Waals surface area contributed by atoms with Gasteiger partial charge in [-0.3, -0.25) is 0 Å².